The lowest BCUT2D eigenvalue weighted by molar-refractivity contribution is 0.0938. The average molecular weight is 572 g/mol. The van der Waals surface area contributed by atoms with E-state index in [9.17, 15) is 14.4 Å². The number of nitrogens with two attached hydrogens (primary N) is 1. The van der Waals surface area contributed by atoms with Crippen LogP contribution in [0.5, 0.6) is 0 Å². The summed E-state index contributed by atoms with van der Waals surface area (Å²) in [6.45, 7) is 2.09. The minimum atomic E-state index is -0.692. The van der Waals surface area contributed by atoms with Crippen molar-refractivity contribution in [2.75, 3.05) is 16.4 Å². The van der Waals surface area contributed by atoms with E-state index < -0.39 is 11.6 Å². The second-order valence-corrected chi connectivity index (χ2v) is 10.3. The molecule has 41 heavy (non-hydrogen) atoms. The molecule has 0 atom stereocenters. The van der Waals surface area contributed by atoms with Gasteiger partial charge in [-0.05, 0) is 55.2 Å². The number of benzene rings is 2. The molecule has 4 aromatic rings. The van der Waals surface area contributed by atoms with Gasteiger partial charge in [0.25, 0.3) is 11.5 Å². The van der Waals surface area contributed by atoms with Crippen LogP contribution in [0.25, 0.3) is 22.4 Å². The van der Waals surface area contributed by atoms with Crippen LogP contribution in [-0.2, 0) is 6.54 Å². The Hall–Kier alpha value is -4.70. The predicted octanol–water partition coefficient (Wildman–Crippen LogP) is 5.54. The number of anilines is 3. The Morgan fingerprint density at radius 2 is 1.71 bits per heavy atom. The molecule has 11 heteroatoms. The molecule has 2 aromatic carbocycles. The van der Waals surface area contributed by atoms with Crippen LogP contribution in [0.15, 0.2) is 71.8 Å². The van der Waals surface area contributed by atoms with Crippen molar-refractivity contribution < 1.29 is 9.59 Å². The molecular weight excluding hydrogens is 542 g/mol. The van der Waals surface area contributed by atoms with Gasteiger partial charge in [-0.2, -0.15) is 5.10 Å². The standard InChI is InChI=1S/C30H30ClN7O3/c1-2-38-29(40)26(35-30(41)36-27-23(31)16-33-17-24(27)32)15-25(37-38)20-9-5-7-18(13-20)19-8-6-10-21(14-19)28(39)34-22-11-3-4-12-22/h5-10,13-17,22H,2-4,11-12,32H2,1H3,(H,34,39)(H2,33,35,36,41). The molecule has 1 aliphatic carbocycles. The summed E-state index contributed by atoms with van der Waals surface area (Å²) >= 11 is 6.11. The van der Waals surface area contributed by atoms with Crippen LogP contribution in [0.3, 0.4) is 0 Å². The number of urea groups is 1. The van der Waals surface area contributed by atoms with Crippen LogP contribution in [0.1, 0.15) is 43.0 Å². The van der Waals surface area contributed by atoms with E-state index in [1.54, 1.807) is 6.92 Å². The number of amides is 3. The van der Waals surface area contributed by atoms with E-state index >= 15 is 0 Å². The summed E-state index contributed by atoms with van der Waals surface area (Å²) in [5.74, 6) is -0.0737. The Labute approximate surface area is 241 Å². The summed E-state index contributed by atoms with van der Waals surface area (Å²) < 4.78 is 1.28. The van der Waals surface area contributed by atoms with Crippen LogP contribution < -0.4 is 27.2 Å². The maximum absolute atomic E-state index is 13.0. The molecule has 10 nitrogen and oxygen atoms in total. The Morgan fingerprint density at radius 1 is 1.00 bits per heavy atom. The summed E-state index contributed by atoms with van der Waals surface area (Å²) in [6.07, 6.45) is 7.04. The van der Waals surface area contributed by atoms with E-state index in [0.29, 0.717) is 17.8 Å². The molecule has 0 unspecified atom stereocenters. The number of pyridine rings is 1. The predicted molar refractivity (Wildman–Crippen MR) is 161 cm³/mol. The maximum atomic E-state index is 13.0. The van der Waals surface area contributed by atoms with E-state index in [1.165, 1.54) is 23.1 Å². The third-order valence-corrected chi connectivity index (χ3v) is 7.28. The van der Waals surface area contributed by atoms with Crippen LogP contribution in [0.4, 0.5) is 21.9 Å². The zero-order valence-electron chi connectivity index (χ0n) is 22.5. The Balaban J connectivity index is 1.41. The van der Waals surface area contributed by atoms with Gasteiger partial charge in [0.15, 0.2) is 0 Å². The average Bonchev–Trinajstić information content (AvgIpc) is 3.49. The molecule has 3 amide bonds. The van der Waals surface area contributed by atoms with Crippen LogP contribution >= 0.6 is 11.6 Å². The summed E-state index contributed by atoms with van der Waals surface area (Å²) in [5.41, 5.74) is 9.40. The fraction of sp³-hybridized carbons (Fsp3) is 0.233. The fourth-order valence-electron chi connectivity index (χ4n) is 4.87. The minimum Gasteiger partial charge on any atom is -0.396 e. The lowest BCUT2D eigenvalue weighted by atomic mass is 9.99. The van der Waals surface area contributed by atoms with Crippen LogP contribution in [-0.4, -0.2) is 32.7 Å². The van der Waals surface area contributed by atoms with Gasteiger partial charge in [-0.1, -0.05) is 54.8 Å². The van der Waals surface area contributed by atoms with Gasteiger partial charge in [-0.15, -0.1) is 0 Å². The second kappa shape index (κ2) is 12.2. The van der Waals surface area contributed by atoms with Crippen molar-refractivity contribution in [3.05, 3.63) is 87.9 Å². The molecule has 5 rings (SSSR count). The van der Waals surface area contributed by atoms with Crippen molar-refractivity contribution >= 4 is 40.6 Å². The van der Waals surface area contributed by atoms with E-state index in [0.717, 1.165) is 42.4 Å². The van der Waals surface area contributed by atoms with Gasteiger partial charge in [0.05, 0.1) is 28.3 Å². The Kier molecular flexibility index (Phi) is 8.30. The molecule has 5 N–H and O–H groups in total. The van der Waals surface area contributed by atoms with Crippen LogP contribution in [0.2, 0.25) is 5.02 Å². The Morgan fingerprint density at radius 3 is 2.44 bits per heavy atom. The third kappa shape index (κ3) is 6.38. The Bertz CT molecular complexity index is 1640. The second-order valence-electron chi connectivity index (χ2n) is 9.85. The van der Waals surface area contributed by atoms with Crippen molar-refractivity contribution in [2.45, 2.75) is 45.2 Å². The highest BCUT2D eigenvalue weighted by molar-refractivity contribution is 6.34. The smallest absolute Gasteiger partial charge is 0.323 e. The first kappa shape index (κ1) is 27.9. The number of aryl methyl sites for hydroxylation is 1. The highest BCUT2D eigenvalue weighted by atomic mass is 35.5. The number of aromatic nitrogens is 3. The summed E-state index contributed by atoms with van der Waals surface area (Å²) in [5, 5.41) is 13.0. The van der Waals surface area contributed by atoms with Gasteiger partial charge < -0.3 is 21.7 Å². The third-order valence-electron chi connectivity index (χ3n) is 7.00. The molecule has 2 heterocycles. The number of hydrogen-bond donors (Lipinski definition) is 4. The van der Waals surface area contributed by atoms with Gasteiger partial charge in [-0.3, -0.25) is 14.6 Å². The van der Waals surface area contributed by atoms with Gasteiger partial charge in [-0.25, -0.2) is 9.48 Å². The summed E-state index contributed by atoms with van der Waals surface area (Å²) in [7, 11) is 0. The highest BCUT2D eigenvalue weighted by Gasteiger charge is 2.19. The molecule has 0 radical (unpaired) electrons. The normalized spacial score (nSPS) is 13.1. The molecule has 0 spiro atoms. The molecule has 0 saturated heterocycles. The van der Waals surface area contributed by atoms with Crippen molar-refractivity contribution in [1.82, 2.24) is 20.1 Å². The van der Waals surface area contributed by atoms with Crippen molar-refractivity contribution in [3.8, 4) is 22.4 Å². The van der Waals surface area contributed by atoms with Crippen molar-refractivity contribution in [1.29, 1.82) is 0 Å². The number of carbonyl (C=O) groups is 2. The molecule has 210 valence electrons. The fourth-order valence-corrected chi connectivity index (χ4v) is 5.09. The number of nitrogens with one attached hydrogen (secondary N) is 3. The number of halogens is 1. The van der Waals surface area contributed by atoms with Gasteiger partial charge >= 0.3 is 6.03 Å². The number of rotatable bonds is 7. The molecular formula is C30H30ClN7O3. The first-order chi connectivity index (χ1) is 19.8. The van der Waals surface area contributed by atoms with E-state index in [2.05, 4.69) is 26.0 Å². The first-order valence-corrected chi connectivity index (χ1v) is 13.8. The van der Waals surface area contributed by atoms with Crippen molar-refractivity contribution in [3.63, 3.8) is 0 Å². The molecule has 1 fully saturated rings. The number of carbonyl (C=O) groups excluding carboxylic acids is 2. The zero-order valence-corrected chi connectivity index (χ0v) is 23.2. The number of hydrogen-bond acceptors (Lipinski definition) is 6. The van der Waals surface area contributed by atoms with E-state index in [1.807, 2.05) is 48.5 Å². The monoisotopic (exact) mass is 571 g/mol. The topological polar surface area (TPSA) is 144 Å². The number of nitrogens with zero attached hydrogens (tertiary/aromatic N) is 3. The largest absolute Gasteiger partial charge is 0.396 e. The number of nitrogen functional groups attached to an aromatic ring is 1. The minimum absolute atomic E-state index is 0.0362. The van der Waals surface area contributed by atoms with Crippen molar-refractivity contribution in [2.24, 2.45) is 0 Å². The molecule has 0 bridgehead atoms. The van der Waals surface area contributed by atoms with E-state index in [-0.39, 0.29) is 34.0 Å². The summed E-state index contributed by atoms with van der Waals surface area (Å²) in [4.78, 5) is 42.5. The van der Waals surface area contributed by atoms with E-state index in [4.69, 9.17) is 17.3 Å². The molecule has 1 saturated carbocycles. The SMILES string of the molecule is CCn1nc(-c2cccc(-c3cccc(C(=O)NC4CCCC4)c3)c2)cc(NC(=O)Nc2c(N)cncc2Cl)c1=O. The lowest BCUT2D eigenvalue weighted by Crippen LogP contribution is -2.32. The first-order valence-electron chi connectivity index (χ1n) is 13.4. The summed E-state index contributed by atoms with van der Waals surface area (Å²) in [6, 6.07) is 16.2. The maximum Gasteiger partial charge on any atom is 0.323 e. The zero-order chi connectivity index (χ0) is 28.9. The molecule has 0 aliphatic heterocycles. The van der Waals surface area contributed by atoms with Gasteiger partial charge in [0.1, 0.15) is 5.69 Å². The van der Waals surface area contributed by atoms with Crippen LogP contribution in [0, 0.1) is 0 Å². The van der Waals surface area contributed by atoms with Gasteiger partial charge in [0.2, 0.25) is 0 Å². The van der Waals surface area contributed by atoms with Gasteiger partial charge in [0, 0.05) is 29.9 Å². The quantitative estimate of drug-likeness (QED) is 0.229. The molecule has 2 aromatic heterocycles. The molecule has 1 aliphatic rings. The lowest BCUT2D eigenvalue weighted by Gasteiger charge is -2.14. The highest BCUT2D eigenvalue weighted by Crippen LogP contribution is 2.28.